The quantitative estimate of drug-likeness (QED) is 0.615. The van der Waals surface area contributed by atoms with Crippen molar-refractivity contribution in [3.8, 4) is 0 Å². The average molecular weight is 140 g/mol. The van der Waals surface area contributed by atoms with Gasteiger partial charge >= 0.3 is 0 Å². The fourth-order valence-corrected chi connectivity index (χ4v) is 0.615. The van der Waals surface area contributed by atoms with Gasteiger partial charge in [0, 0.05) is 19.4 Å². The predicted molar refractivity (Wildman–Crippen MR) is 33.7 cm³/mol. The highest BCUT2D eigenvalue weighted by atomic mass is 19.1. The lowest BCUT2D eigenvalue weighted by Crippen LogP contribution is -1.92. The Morgan fingerprint density at radius 2 is 2.60 bits per heavy atom. The van der Waals surface area contributed by atoms with Gasteiger partial charge in [0.2, 0.25) is 0 Å². The highest BCUT2D eigenvalue weighted by Gasteiger charge is 1.94. The highest BCUT2D eigenvalue weighted by molar-refractivity contribution is 5.02. The molecule has 1 aromatic heterocycles. The number of hydrogen-bond donors (Lipinski definition) is 0. The van der Waals surface area contributed by atoms with Gasteiger partial charge in [-0.25, -0.2) is 4.39 Å². The molecular formula is C7H7FNO. The van der Waals surface area contributed by atoms with Crippen LogP contribution >= 0.6 is 0 Å². The largest absolute Gasteiger partial charge is 0.378 e. The van der Waals surface area contributed by atoms with Crippen molar-refractivity contribution in [3.63, 3.8) is 0 Å². The van der Waals surface area contributed by atoms with Gasteiger partial charge in [-0.1, -0.05) is 0 Å². The van der Waals surface area contributed by atoms with Crippen LogP contribution in [0.2, 0.25) is 0 Å². The van der Waals surface area contributed by atoms with Crippen LogP contribution in [0.25, 0.3) is 0 Å². The molecule has 0 spiro atoms. The van der Waals surface area contributed by atoms with Crippen LogP contribution in [0.1, 0.15) is 5.69 Å². The molecule has 0 N–H and O–H groups in total. The summed E-state index contributed by atoms with van der Waals surface area (Å²) in [6.45, 7) is 0.303. The molecule has 0 aromatic carbocycles. The van der Waals surface area contributed by atoms with E-state index >= 15 is 0 Å². The summed E-state index contributed by atoms with van der Waals surface area (Å²) in [6.07, 6.45) is 1.39. The molecule has 3 heteroatoms. The molecular weight excluding hydrogens is 133 g/mol. The third-order valence-electron chi connectivity index (χ3n) is 0.996. The van der Waals surface area contributed by atoms with Gasteiger partial charge in [-0.15, -0.1) is 0 Å². The fourth-order valence-electron chi connectivity index (χ4n) is 0.615. The van der Waals surface area contributed by atoms with Crippen LogP contribution in [0.4, 0.5) is 4.39 Å². The van der Waals surface area contributed by atoms with Crippen molar-refractivity contribution in [3.05, 3.63) is 29.8 Å². The monoisotopic (exact) mass is 140 g/mol. The van der Waals surface area contributed by atoms with Crippen molar-refractivity contribution in [2.75, 3.05) is 7.11 Å². The summed E-state index contributed by atoms with van der Waals surface area (Å²) >= 11 is 0. The summed E-state index contributed by atoms with van der Waals surface area (Å²) in [7, 11) is 1.53. The molecule has 53 valence electrons. The van der Waals surface area contributed by atoms with E-state index in [0.717, 1.165) is 0 Å². The smallest absolute Gasteiger partial charge is 0.134 e. The molecule has 2 nitrogen and oxygen atoms in total. The zero-order valence-corrected chi connectivity index (χ0v) is 5.60. The number of nitrogens with zero attached hydrogens (tertiary/aromatic N) is 1. The van der Waals surface area contributed by atoms with Crippen molar-refractivity contribution in [1.29, 1.82) is 0 Å². The standard InChI is InChI=1S/C7H7FNO/c1-10-5-7-4-6(8)2-3-9-7/h2-3H,5H2,1H3. The molecule has 0 fully saturated rings. The molecule has 0 amide bonds. The van der Waals surface area contributed by atoms with E-state index in [1.54, 1.807) is 0 Å². The fraction of sp³-hybridized carbons (Fsp3) is 0.286. The second-order valence-corrected chi connectivity index (χ2v) is 1.80. The maximum atomic E-state index is 12.3. The van der Waals surface area contributed by atoms with Crippen LogP contribution in [-0.2, 0) is 11.3 Å². The van der Waals surface area contributed by atoms with Crippen molar-refractivity contribution >= 4 is 0 Å². The van der Waals surface area contributed by atoms with Gasteiger partial charge in [0.1, 0.15) is 5.82 Å². The molecule has 0 atom stereocenters. The van der Waals surface area contributed by atoms with Crippen LogP contribution in [-0.4, -0.2) is 12.1 Å². The van der Waals surface area contributed by atoms with Crippen LogP contribution in [0, 0.1) is 11.9 Å². The van der Waals surface area contributed by atoms with Gasteiger partial charge in [-0.3, -0.25) is 4.98 Å². The number of aromatic nitrogens is 1. The summed E-state index contributed by atoms with van der Waals surface area (Å²) in [5, 5.41) is 0. The normalized spacial score (nSPS) is 9.80. The van der Waals surface area contributed by atoms with Gasteiger partial charge < -0.3 is 4.74 Å². The van der Waals surface area contributed by atoms with E-state index in [9.17, 15) is 4.39 Å². The lowest BCUT2D eigenvalue weighted by Gasteiger charge is -1.95. The first kappa shape index (κ1) is 7.15. The molecule has 0 aliphatic rings. The first-order chi connectivity index (χ1) is 4.83. The van der Waals surface area contributed by atoms with Crippen LogP contribution in [0.3, 0.4) is 0 Å². The molecule has 1 aromatic rings. The average Bonchev–Trinajstić information content (AvgIpc) is 1.88. The number of ether oxygens (including phenoxy) is 1. The van der Waals surface area contributed by atoms with Gasteiger partial charge in [-0.05, 0) is 6.07 Å². The number of pyridine rings is 1. The summed E-state index contributed by atoms with van der Waals surface area (Å²) in [4.78, 5) is 3.81. The van der Waals surface area contributed by atoms with Crippen LogP contribution in [0.15, 0.2) is 12.3 Å². The lowest BCUT2D eigenvalue weighted by molar-refractivity contribution is 0.181. The van der Waals surface area contributed by atoms with Crippen LogP contribution < -0.4 is 0 Å². The number of hydrogen-bond acceptors (Lipinski definition) is 2. The molecule has 0 aliphatic carbocycles. The van der Waals surface area contributed by atoms with E-state index in [1.165, 1.54) is 19.4 Å². The molecule has 0 saturated carbocycles. The number of halogens is 1. The van der Waals surface area contributed by atoms with Gasteiger partial charge in [0.15, 0.2) is 0 Å². The van der Waals surface area contributed by atoms with E-state index in [2.05, 4.69) is 11.1 Å². The third kappa shape index (κ3) is 1.77. The van der Waals surface area contributed by atoms with Crippen molar-refractivity contribution < 1.29 is 9.13 Å². The minimum atomic E-state index is -0.401. The van der Waals surface area contributed by atoms with Gasteiger partial charge in [0.25, 0.3) is 0 Å². The molecule has 0 unspecified atom stereocenters. The summed E-state index contributed by atoms with van der Waals surface area (Å²) in [6, 6.07) is 3.65. The van der Waals surface area contributed by atoms with Gasteiger partial charge in [-0.2, -0.15) is 0 Å². The second-order valence-electron chi connectivity index (χ2n) is 1.80. The van der Waals surface area contributed by atoms with Gasteiger partial charge in [0.05, 0.1) is 12.3 Å². The number of methoxy groups -OCH3 is 1. The summed E-state index contributed by atoms with van der Waals surface area (Å²) < 4.78 is 17.1. The topological polar surface area (TPSA) is 22.1 Å². The Balaban J connectivity index is 2.75. The molecule has 1 rings (SSSR count). The highest BCUT2D eigenvalue weighted by Crippen LogP contribution is 1.98. The first-order valence-corrected chi connectivity index (χ1v) is 2.84. The van der Waals surface area contributed by atoms with Crippen molar-refractivity contribution in [2.24, 2.45) is 0 Å². The van der Waals surface area contributed by atoms with Crippen molar-refractivity contribution in [1.82, 2.24) is 4.98 Å². The Labute approximate surface area is 58.7 Å². The van der Waals surface area contributed by atoms with E-state index in [1.807, 2.05) is 0 Å². The molecule has 0 saturated heterocycles. The van der Waals surface area contributed by atoms with E-state index in [4.69, 9.17) is 4.74 Å². The summed E-state index contributed by atoms with van der Waals surface area (Å²) in [5.41, 5.74) is 0.488. The second kappa shape index (κ2) is 3.27. The molecule has 1 radical (unpaired) electrons. The zero-order valence-electron chi connectivity index (χ0n) is 5.60. The molecule has 0 aliphatic heterocycles. The minimum absolute atomic E-state index is 0.303. The lowest BCUT2D eigenvalue weighted by atomic mass is 10.3. The predicted octanol–water partition coefficient (Wildman–Crippen LogP) is 1.17. The van der Waals surface area contributed by atoms with Crippen LogP contribution in [0.5, 0.6) is 0 Å². The third-order valence-corrected chi connectivity index (χ3v) is 0.996. The summed E-state index contributed by atoms with van der Waals surface area (Å²) in [5.74, 6) is -0.401. The SMILES string of the molecule is COCc1[c]c(F)ccn1. The Hall–Kier alpha value is -0.960. The Morgan fingerprint density at radius 3 is 3.20 bits per heavy atom. The van der Waals surface area contributed by atoms with E-state index in [-0.39, 0.29) is 0 Å². The first-order valence-electron chi connectivity index (χ1n) is 2.84. The molecule has 0 bridgehead atoms. The Morgan fingerprint density at radius 1 is 1.80 bits per heavy atom. The maximum Gasteiger partial charge on any atom is 0.134 e. The van der Waals surface area contributed by atoms with E-state index < -0.39 is 5.82 Å². The Bertz CT molecular complexity index is 215. The van der Waals surface area contributed by atoms with Crippen molar-refractivity contribution in [2.45, 2.75) is 6.61 Å². The maximum absolute atomic E-state index is 12.3. The Kier molecular flexibility index (Phi) is 2.34. The molecule has 10 heavy (non-hydrogen) atoms. The minimum Gasteiger partial charge on any atom is -0.378 e. The number of rotatable bonds is 2. The zero-order chi connectivity index (χ0) is 7.40. The molecule has 1 heterocycles. The van der Waals surface area contributed by atoms with E-state index in [0.29, 0.717) is 12.3 Å².